The van der Waals surface area contributed by atoms with Gasteiger partial charge in [0, 0.05) is 12.6 Å². The van der Waals surface area contributed by atoms with Gasteiger partial charge in [0.2, 0.25) is 0 Å². The molecule has 0 unspecified atom stereocenters. The molecule has 1 aliphatic rings. The summed E-state index contributed by atoms with van der Waals surface area (Å²) in [5.41, 5.74) is 7.68. The normalized spacial score (nSPS) is 16.1. The first kappa shape index (κ1) is 10.1. The zero-order valence-corrected chi connectivity index (χ0v) is 9.33. The van der Waals surface area contributed by atoms with E-state index in [1.807, 2.05) is 11.6 Å². The summed E-state index contributed by atoms with van der Waals surface area (Å²) in [5, 5.41) is 7.84. The van der Waals surface area contributed by atoms with Crippen molar-refractivity contribution < 1.29 is 0 Å². The molecule has 1 aromatic heterocycles. The van der Waals surface area contributed by atoms with Gasteiger partial charge in [-0.15, -0.1) is 0 Å². The molecule has 0 atom stereocenters. The van der Waals surface area contributed by atoms with Gasteiger partial charge < -0.3 is 11.1 Å². The molecular formula is C11H18N4. The molecule has 4 nitrogen and oxygen atoms in total. The smallest absolute Gasteiger partial charge is 0.148 e. The van der Waals surface area contributed by atoms with Gasteiger partial charge in [0.05, 0.1) is 11.4 Å². The number of hydrogen-bond acceptors (Lipinski definition) is 3. The van der Waals surface area contributed by atoms with E-state index in [9.17, 15) is 0 Å². The first-order chi connectivity index (χ1) is 7.22. The van der Waals surface area contributed by atoms with Gasteiger partial charge in [-0.25, -0.2) is 4.68 Å². The lowest BCUT2D eigenvalue weighted by molar-refractivity contribution is 0.646. The van der Waals surface area contributed by atoms with Gasteiger partial charge in [-0.05, 0) is 26.7 Å². The highest BCUT2D eigenvalue weighted by molar-refractivity contribution is 5.65. The quantitative estimate of drug-likeness (QED) is 0.743. The van der Waals surface area contributed by atoms with Crippen molar-refractivity contribution in [1.82, 2.24) is 9.78 Å². The molecule has 0 bridgehead atoms. The Kier molecular flexibility index (Phi) is 2.66. The van der Waals surface area contributed by atoms with Gasteiger partial charge in [-0.2, -0.15) is 5.10 Å². The Labute approximate surface area is 90.2 Å². The molecule has 15 heavy (non-hydrogen) atoms. The number of rotatable bonds is 3. The van der Waals surface area contributed by atoms with Crippen LogP contribution >= 0.6 is 0 Å². The van der Waals surface area contributed by atoms with Crippen LogP contribution in [0.15, 0.2) is 12.2 Å². The van der Waals surface area contributed by atoms with Crippen LogP contribution in [0.4, 0.5) is 11.5 Å². The lowest BCUT2D eigenvalue weighted by Crippen LogP contribution is -2.18. The van der Waals surface area contributed by atoms with Crippen molar-refractivity contribution >= 4 is 11.5 Å². The van der Waals surface area contributed by atoms with Crippen LogP contribution in [0.2, 0.25) is 0 Å². The number of nitrogens with one attached hydrogen (secondary N) is 1. The maximum atomic E-state index is 5.99. The third kappa shape index (κ3) is 1.84. The van der Waals surface area contributed by atoms with Crippen molar-refractivity contribution in [3.8, 4) is 0 Å². The molecular weight excluding hydrogens is 188 g/mol. The van der Waals surface area contributed by atoms with E-state index in [1.54, 1.807) is 0 Å². The minimum absolute atomic E-state index is 0.480. The van der Waals surface area contributed by atoms with Crippen LogP contribution in [0.1, 0.15) is 25.5 Å². The van der Waals surface area contributed by atoms with E-state index in [0.717, 1.165) is 36.6 Å². The van der Waals surface area contributed by atoms with Crippen LogP contribution in [0.5, 0.6) is 0 Å². The molecule has 0 amide bonds. The summed E-state index contributed by atoms with van der Waals surface area (Å²) in [6.07, 6.45) is 6.56. The van der Waals surface area contributed by atoms with Crippen LogP contribution < -0.4 is 11.1 Å². The van der Waals surface area contributed by atoms with E-state index >= 15 is 0 Å². The Morgan fingerprint density at radius 3 is 2.80 bits per heavy atom. The van der Waals surface area contributed by atoms with Crippen molar-refractivity contribution in [2.45, 2.75) is 39.3 Å². The van der Waals surface area contributed by atoms with Gasteiger partial charge in [0.15, 0.2) is 0 Å². The lowest BCUT2D eigenvalue weighted by Gasteiger charge is -2.15. The van der Waals surface area contributed by atoms with Crippen LogP contribution in [0.25, 0.3) is 0 Å². The number of aryl methyl sites for hydroxylation is 2. The molecule has 4 heteroatoms. The molecule has 1 aliphatic carbocycles. The molecule has 3 N–H and O–H groups in total. The number of aromatic nitrogens is 2. The average Bonchev–Trinajstić information content (AvgIpc) is 2.82. The van der Waals surface area contributed by atoms with Crippen LogP contribution in [0, 0.1) is 6.92 Å². The summed E-state index contributed by atoms with van der Waals surface area (Å²) in [4.78, 5) is 0. The molecule has 0 aliphatic heterocycles. The van der Waals surface area contributed by atoms with Gasteiger partial charge >= 0.3 is 0 Å². The highest BCUT2D eigenvalue weighted by Gasteiger charge is 2.16. The second-order valence-electron chi connectivity index (χ2n) is 3.95. The highest BCUT2D eigenvalue weighted by Crippen LogP contribution is 2.25. The Balaban J connectivity index is 2.18. The molecule has 82 valence electrons. The molecule has 2 rings (SSSR count). The minimum atomic E-state index is 0.480. The van der Waals surface area contributed by atoms with Crippen molar-refractivity contribution in [3.05, 3.63) is 17.8 Å². The summed E-state index contributed by atoms with van der Waals surface area (Å²) < 4.78 is 1.93. The zero-order chi connectivity index (χ0) is 10.8. The average molecular weight is 206 g/mol. The molecule has 0 radical (unpaired) electrons. The van der Waals surface area contributed by atoms with Crippen LogP contribution in [-0.4, -0.2) is 15.8 Å². The number of nitrogen functional groups attached to an aromatic ring is 1. The van der Waals surface area contributed by atoms with E-state index in [2.05, 4.69) is 29.5 Å². The summed E-state index contributed by atoms with van der Waals surface area (Å²) in [5.74, 6) is 0.976. The highest BCUT2D eigenvalue weighted by atomic mass is 15.3. The monoisotopic (exact) mass is 206 g/mol. The van der Waals surface area contributed by atoms with Crippen LogP contribution in [-0.2, 0) is 6.54 Å². The maximum Gasteiger partial charge on any atom is 0.148 e. The Bertz CT molecular complexity index is 370. The predicted molar refractivity (Wildman–Crippen MR) is 62.8 cm³/mol. The fourth-order valence-corrected chi connectivity index (χ4v) is 1.90. The second kappa shape index (κ2) is 3.96. The third-order valence-corrected chi connectivity index (χ3v) is 2.82. The molecule has 0 saturated heterocycles. The topological polar surface area (TPSA) is 55.9 Å². The third-order valence-electron chi connectivity index (χ3n) is 2.82. The fraction of sp³-hybridized carbons (Fsp3) is 0.545. The molecule has 1 heterocycles. The maximum absolute atomic E-state index is 5.99. The Morgan fingerprint density at radius 2 is 2.20 bits per heavy atom. The number of nitrogens with two attached hydrogens (primary N) is 1. The Hall–Kier alpha value is -1.45. The minimum Gasteiger partial charge on any atom is -0.394 e. The number of anilines is 2. The van der Waals surface area contributed by atoms with E-state index in [1.165, 1.54) is 0 Å². The predicted octanol–water partition coefficient (Wildman–Crippen LogP) is 1.92. The lowest BCUT2D eigenvalue weighted by atomic mass is 10.2. The molecule has 0 spiro atoms. The van der Waals surface area contributed by atoms with Gasteiger partial charge in [-0.3, -0.25) is 0 Å². The van der Waals surface area contributed by atoms with Gasteiger partial charge in [-0.1, -0.05) is 12.2 Å². The summed E-state index contributed by atoms with van der Waals surface area (Å²) >= 11 is 0. The van der Waals surface area contributed by atoms with E-state index in [4.69, 9.17) is 5.73 Å². The molecule has 0 saturated carbocycles. The summed E-state index contributed by atoms with van der Waals surface area (Å²) in [6.45, 7) is 4.87. The number of nitrogens with zero attached hydrogens (tertiary/aromatic N) is 2. The van der Waals surface area contributed by atoms with E-state index in [0.29, 0.717) is 6.04 Å². The SMILES string of the molecule is CCn1nc(C)c(N)c1NC1CC=CC1. The largest absolute Gasteiger partial charge is 0.394 e. The zero-order valence-electron chi connectivity index (χ0n) is 9.33. The summed E-state index contributed by atoms with van der Waals surface area (Å²) in [7, 11) is 0. The molecule has 1 aromatic rings. The molecule has 0 fully saturated rings. The number of hydrogen-bond donors (Lipinski definition) is 2. The van der Waals surface area contributed by atoms with E-state index < -0.39 is 0 Å². The summed E-state index contributed by atoms with van der Waals surface area (Å²) in [6, 6.07) is 0.480. The van der Waals surface area contributed by atoms with E-state index in [-0.39, 0.29) is 0 Å². The van der Waals surface area contributed by atoms with Crippen molar-refractivity contribution in [1.29, 1.82) is 0 Å². The van der Waals surface area contributed by atoms with Gasteiger partial charge in [0.1, 0.15) is 5.82 Å². The van der Waals surface area contributed by atoms with Crippen molar-refractivity contribution in [2.75, 3.05) is 11.1 Å². The second-order valence-corrected chi connectivity index (χ2v) is 3.95. The first-order valence-corrected chi connectivity index (χ1v) is 5.46. The van der Waals surface area contributed by atoms with Crippen LogP contribution in [0.3, 0.4) is 0 Å². The van der Waals surface area contributed by atoms with Crippen molar-refractivity contribution in [2.24, 2.45) is 0 Å². The van der Waals surface area contributed by atoms with Crippen molar-refractivity contribution in [3.63, 3.8) is 0 Å². The first-order valence-electron chi connectivity index (χ1n) is 5.46. The molecule has 0 aromatic carbocycles. The standard InChI is InChI=1S/C11H18N4/c1-3-15-11(10(12)8(2)14-15)13-9-6-4-5-7-9/h4-5,9,13H,3,6-7,12H2,1-2H3. The Morgan fingerprint density at radius 1 is 1.53 bits per heavy atom. The fourth-order valence-electron chi connectivity index (χ4n) is 1.90. The van der Waals surface area contributed by atoms with Gasteiger partial charge in [0.25, 0.3) is 0 Å².